The smallest absolute Gasteiger partial charge is 1.00 e. The van der Waals surface area contributed by atoms with Crippen LogP contribution in [0, 0.1) is 0 Å². The molecule has 0 aliphatic carbocycles. The zero-order valence-electron chi connectivity index (χ0n) is 10.9. The van der Waals surface area contributed by atoms with E-state index in [2.05, 4.69) is 0 Å². The van der Waals surface area contributed by atoms with Crippen LogP contribution in [0.4, 0.5) is 0 Å². The Morgan fingerprint density at radius 2 is 1.71 bits per heavy atom. The number of aromatic carboxylic acids is 1. The Balaban J connectivity index is -0.000000281. The average molecular weight is 319 g/mol. The zero-order chi connectivity index (χ0) is 11.8. The van der Waals surface area contributed by atoms with Gasteiger partial charge in [0.15, 0.2) is 0 Å². The van der Waals surface area contributed by atoms with Crippen LogP contribution < -0.4 is 59.1 Å². The first-order valence-electron chi connectivity index (χ1n) is 3.43. The topological polar surface area (TPSA) is 91.7 Å². The molecule has 0 aliphatic rings. The van der Waals surface area contributed by atoms with Crippen molar-refractivity contribution in [2.24, 2.45) is 0 Å². The molecule has 0 bridgehead atoms. The predicted octanol–water partition coefficient (Wildman–Crippen LogP) is -3.83. The molecule has 0 fully saturated rings. The number of hydrogen-bond acceptors (Lipinski definition) is 3. The molecule has 1 rings (SSSR count). The van der Waals surface area contributed by atoms with Gasteiger partial charge in [0, 0.05) is 0 Å². The SMILES string of the molecule is O=C(O)c1cc(Cl)c(Cl)c(S(=O)(=O)O)c1.[H-].[H-].[Na+].[Na+]. The Morgan fingerprint density at radius 3 is 2.06 bits per heavy atom. The summed E-state index contributed by atoms with van der Waals surface area (Å²) in [5, 5.41) is 7.94. The van der Waals surface area contributed by atoms with Crippen molar-refractivity contribution in [2.75, 3.05) is 0 Å². The Kier molecular flexibility index (Phi) is 9.27. The summed E-state index contributed by atoms with van der Waals surface area (Å²) in [4.78, 5) is 9.84. The van der Waals surface area contributed by atoms with Crippen LogP contribution in [-0.2, 0) is 10.1 Å². The number of hydrogen-bond donors (Lipinski definition) is 2. The second-order valence-corrected chi connectivity index (χ2v) is 4.73. The van der Waals surface area contributed by atoms with Crippen LogP contribution in [-0.4, -0.2) is 24.0 Å². The third-order valence-corrected chi connectivity index (χ3v) is 3.31. The monoisotopic (exact) mass is 318 g/mol. The van der Waals surface area contributed by atoms with E-state index in [0.29, 0.717) is 0 Å². The summed E-state index contributed by atoms with van der Waals surface area (Å²) in [5.74, 6) is -1.38. The molecule has 0 saturated heterocycles. The summed E-state index contributed by atoms with van der Waals surface area (Å²) < 4.78 is 30.3. The second kappa shape index (κ2) is 7.69. The summed E-state index contributed by atoms with van der Waals surface area (Å²) >= 11 is 11.0. The molecule has 0 unspecified atom stereocenters. The number of benzene rings is 1. The molecule has 0 heterocycles. The fourth-order valence-electron chi connectivity index (χ4n) is 0.875. The Morgan fingerprint density at radius 1 is 1.24 bits per heavy atom. The normalized spacial score (nSPS) is 10.1. The maximum atomic E-state index is 10.8. The fraction of sp³-hybridized carbons (Fsp3) is 0. The standard InChI is InChI=1S/C7H4Cl2O5S.2Na.2H/c8-4-1-3(7(10)11)2-5(6(4)9)15(12,13)14;;;;/h1-2H,(H,10,11)(H,12,13,14);;;;/q;2*+1;2*-1. The van der Waals surface area contributed by atoms with Crippen LogP contribution in [0.3, 0.4) is 0 Å². The maximum Gasteiger partial charge on any atom is 1.00 e. The van der Waals surface area contributed by atoms with Crippen molar-refractivity contribution in [3.63, 3.8) is 0 Å². The van der Waals surface area contributed by atoms with Gasteiger partial charge in [0.05, 0.1) is 15.6 Å². The van der Waals surface area contributed by atoms with Crippen LogP contribution in [0.15, 0.2) is 17.0 Å². The molecular formula is C7H6Cl2Na2O5S. The Labute approximate surface area is 155 Å². The van der Waals surface area contributed by atoms with Gasteiger partial charge in [-0.2, -0.15) is 8.42 Å². The molecule has 1 aromatic carbocycles. The van der Waals surface area contributed by atoms with E-state index in [1.165, 1.54) is 0 Å². The first kappa shape index (κ1) is 20.5. The second-order valence-electron chi connectivity index (χ2n) is 2.55. The van der Waals surface area contributed by atoms with Gasteiger partial charge < -0.3 is 7.96 Å². The van der Waals surface area contributed by atoms with E-state index < -0.39 is 26.0 Å². The number of carboxylic acid groups (broad SMARTS) is 1. The molecule has 10 heteroatoms. The summed E-state index contributed by atoms with van der Waals surface area (Å²) in [6.45, 7) is 0. The molecule has 5 nitrogen and oxygen atoms in total. The predicted molar refractivity (Wildman–Crippen MR) is 55.5 cm³/mol. The molecule has 2 N–H and O–H groups in total. The fourth-order valence-corrected chi connectivity index (χ4v) is 2.16. The van der Waals surface area contributed by atoms with Crippen LogP contribution >= 0.6 is 23.2 Å². The third kappa shape index (κ3) is 5.36. The van der Waals surface area contributed by atoms with Crippen LogP contribution in [0.2, 0.25) is 10.0 Å². The first-order valence-corrected chi connectivity index (χ1v) is 5.63. The summed E-state index contributed by atoms with van der Waals surface area (Å²) in [7, 11) is -4.59. The van der Waals surface area contributed by atoms with Gasteiger partial charge in [-0.15, -0.1) is 0 Å². The summed E-state index contributed by atoms with van der Waals surface area (Å²) in [5.41, 5.74) is -0.378. The number of carboxylic acids is 1. The number of rotatable bonds is 2. The maximum absolute atomic E-state index is 10.8. The van der Waals surface area contributed by atoms with Gasteiger partial charge in [-0.3, -0.25) is 4.55 Å². The van der Waals surface area contributed by atoms with E-state index in [-0.39, 0.29) is 72.6 Å². The van der Waals surface area contributed by atoms with E-state index in [1.54, 1.807) is 0 Å². The van der Waals surface area contributed by atoms with Gasteiger partial charge in [0.1, 0.15) is 4.90 Å². The minimum absolute atomic E-state index is 0. The molecular weight excluding hydrogens is 313 g/mol. The van der Waals surface area contributed by atoms with Crippen LogP contribution in [0.5, 0.6) is 0 Å². The molecule has 0 radical (unpaired) electrons. The zero-order valence-corrected chi connectivity index (χ0v) is 15.3. The van der Waals surface area contributed by atoms with Gasteiger partial charge in [-0.05, 0) is 12.1 Å². The van der Waals surface area contributed by atoms with Crippen molar-refractivity contribution in [3.05, 3.63) is 27.7 Å². The molecule has 17 heavy (non-hydrogen) atoms. The van der Waals surface area contributed by atoms with Gasteiger partial charge in [0.2, 0.25) is 0 Å². The van der Waals surface area contributed by atoms with Gasteiger partial charge >= 0.3 is 65.1 Å². The van der Waals surface area contributed by atoms with Crippen molar-refractivity contribution < 1.29 is 84.8 Å². The number of carbonyl (C=O) groups is 1. The average Bonchev–Trinajstić information content (AvgIpc) is 2.06. The summed E-state index contributed by atoms with van der Waals surface area (Å²) in [6.07, 6.45) is 0. The molecule has 0 saturated carbocycles. The van der Waals surface area contributed by atoms with Crippen molar-refractivity contribution in [3.8, 4) is 0 Å². The number of halogens is 2. The van der Waals surface area contributed by atoms with Crippen molar-refractivity contribution in [1.82, 2.24) is 0 Å². The Bertz CT molecular complexity index is 541. The molecule has 0 atom stereocenters. The van der Waals surface area contributed by atoms with E-state index in [0.717, 1.165) is 12.1 Å². The molecule has 0 spiro atoms. The van der Waals surface area contributed by atoms with Gasteiger partial charge in [-0.1, -0.05) is 23.2 Å². The molecule has 86 valence electrons. The van der Waals surface area contributed by atoms with Crippen LogP contribution in [0.25, 0.3) is 0 Å². The largest absolute Gasteiger partial charge is 1.00 e. The molecule has 0 aliphatic heterocycles. The quantitative estimate of drug-likeness (QED) is 0.431. The minimum atomic E-state index is -4.59. The van der Waals surface area contributed by atoms with E-state index in [9.17, 15) is 13.2 Å². The molecule has 0 amide bonds. The van der Waals surface area contributed by atoms with Crippen LogP contribution in [0.1, 0.15) is 13.2 Å². The third-order valence-electron chi connectivity index (χ3n) is 1.52. The molecule has 0 aromatic heterocycles. The van der Waals surface area contributed by atoms with E-state index >= 15 is 0 Å². The van der Waals surface area contributed by atoms with Gasteiger partial charge in [-0.25, -0.2) is 4.79 Å². The van der Waals surface area contributed by atoms with Crippen molar-refractivity contribution in [2.45, 2.75) is 4.90 Å². The van der Waals surface area contributed by atoms with Crippen molar-refractivity contribution in [1.29, 1.82) is 0 Å². The van der Waals surface area contributed by atoms with E-state index in [1.807, 2.05) is 0 Å². The Hall–Kier alpha value is 1.18. The van der Waals surface area contributed by atoms with E-state index in [4.69, 9.17) is 32.9 Å². The molecule has 1 aromatic rings. The minimum Gasteiger partial charge on any atom is -1.00 e. The van der Waals surface area contributed by atoms with Crippen molar-refractivity contribution >= 4 is 39.3 Å². The van der Waals surface area contributed by atoms with Gasteiger partial charge in [0.25, 0.3) is 10.1 Å². The summed E-state index contributed by atoms with van der Waals surface area (Å²) in [6, 6.07) is 1.72. The first-order chi connectivity index (χ1) is 6.73.